The maximum absolute atomic E-state index is 4.50. The average Bonchev–Trinajstić information content (AvgIpc) is 2.99. The van der Waals surface area contributed by atoms with Crippen LogP contribution in [0.4, 0.5) is 11.9 Å². The van der Waals surface area contributed by atoms with Gasteiger partial charge in [0.05, 0.1) is 0 Å². The number of rotatable bonds is 6. The van der Waals surface area contributed by atoms with Crippen LogP contribution in [0.25, 0.3) is 0 Å². The Morgan fingerprint density at radius 2 is 1.87 bits per heavy atom. The molecule has 1 saturated carbocycles. The molecule has 0 unspecified atom stereocenters. The smallest absolute Gasteiger partial charge is 0.227 e. The molecule has 1 aliphatic carbocycles. The first-order valence-electron chi connectivity index (χ1n) is 8.78. The standard InChI is InChI=1S/C16H29N7/c1-17-13-5-3-12(4-6-13)9-18-15-19-11-20-16(22-15)21-14-7-8-23(2)10-14/h11-14,17H,3-10H2,1-2H3,(H2,18,19,20,21,22)/t12?,13?,14-/m1/s1. The Bertz CT molecular complexity index is 487. The molecule has 0 aromatic carbocycles. The van der Waals surface area contributed by atoms with Gasteiger partial charge in [-0.3, -0.25) is 0 Å². The van der Waals surface area contributed by atoms with Crippen molar-refractivity contribution in [3.63, 3.8) is 0 Å². The molecule has 3 N–H and O–H groups in total. The van der Waals surface area contributed by atoms with Crippen molar-refractivity contribution in [2.24, 2.45) is 5.92 Å². The highest BCUT2D eigenvalue weighted by Gasteiger charge is 2.21. The fourth-order valence-corrected chi connectivity index (χ4v) is 3.58. The van der Waals surface area contributed by atoms with Gasteiger partial charge in [0.25, 0.3) is 0 Å². The van der Waals surface area contributed by atoms with E-state index in [1.807, 2.05) is 0 Å². The first-order chi connectivity index (χ1) is 11.2. The van der Waals surface area contributed by atoms with Crippen LogP contribution in [-0.2, 0) is 0 Å². The molecule has 1 aromatic heterocycles. The maximum atomic E-state index is 4.50. The van der Waals surface area contributed by atoms with Gasteiger partial charge in [-0.15, -0.1) is 0 Å². The van der Waals surface area contributed by atoms with Gasteiger partial charge in [0, 0.05) is 25.2 Å². The van der Waals surface area contributed by atoms with Gasteiger partial charge in [-0.05, 0) is 58.7 Å². The molecule has 3 rings (SSSR count). The molecule has 0 bridgehead atoms. The molecule has 7 nitrogen and oxygen atoms in total. The highest BCUT2D eigenvalue weighted by molar-refractivity contribution is 5.33. The Labute approximate surface area is 138 Å². The van der Waals surface area contributed by atoms with Crippen molar-refractivity contribution in [1.82, 2.24) is 25.2 Å². The molecule has 2 fully saturated rings. The summed E-state index contributed by atoms with van der Waals surface area (Å²) in [4.78, 5) is 15.3. The molecular formula is C16H29N7. The highest BCUT2D eigenvalue weighted by Crippen LogP contribution is 2.24. The molecule has 0 spiro atoms. The van der Waals surface area contributed by atoms with Gasteiger partial charge in [0.1, 0.15) is 6.33 Å². The van der Waals surface area contributed by atoms with Crippen molar-refractivity contribution in [1.29, 1.82) is 0 Å². The van der Waals surface area contributed by atoms with E-state index in [-0.39, 0.29) is 0 Å². The van der Waals surface area contributed by atoms with Gasteiger partial charge < -0.3 is 20.9 Å². The second-order valence-electron chi connectivity index (χ2n) is 6.91. The van der Waals surface area contributed by atoms with Gasteiger partial charge >= 0.3 is 0 Å². The number of hydrogen-bond acceptors (Lipinski definition) is 7. The Kier molecular flexibility index (Phi) is 5.61. The number of hydrogen-bond donors (Lipinski definition) is 3. The lowest BCUT2D eigenvalue weighted by molar-refractivity contribution is 0.312. The Morgan fingerprint density at radius 3 is 2.57 bits per heavy atom. The summed E-state index contributed by atoms with van der Waals surface area (Å²) < 4.78 is 0. The second kappa shape index (κ2) is 7.88. The number of anilines is 2. The van der Waals surface area contributed by atoms with Crippen LogP contribution in [0.5, 0.6) is 0 Å². The quantitative estimate of drug-likeness (QED) is 0.726. The molecule has 7 heteroatoms. The molecule has 23 heavy (non-hydrogen) atoms. The minimum absolute atomic E-state index is 0.437. The average molecular weight is 319 g/mol. The van der Waals surface area contributed by atoms with Gasteiger partial charge in [-0.25, -0.2) is 9.97 Å². The SMILES string of the molecule is CNC1CCC(CNc2ncnc(N[C@@H]3CCN(C)C3)n2)CC1. The highest BCUT2D eigenvalue weighted by atomic mass is 15.2. The minimum atomic E-state index is 0.437. The zero-order chi connectivity index (χ0) is 16.1. The van der Waals surface area contributed by atoms with Crippen LogP contribution in [0.1, 0.15) is 32.1 Å². The molecule has 2 heterocycles. The summed E-state index contributed by atoms with van der Waals surface area (Å²) in [5.74, 6) is 2.09. The predicted octanol–water partition coefficient (Wildman–Crippen LogP) is 1.18. The summed E-state index contributed by atoms with van der Waals surface area (Å²) >= 11 is 0. The van der Waals surface area contributed by atoms with Gasteiger partial charge in [0.15, 0.2) is 0 Å². The van der Waals surface area contributed by atoms with Crippen molar-refractivity contribution < 1.29 is 0 Å². The fraction of sp³-hybridized carbons (Fsp3) is 0.812. The van der Waals surface area contributed by atoms with Crippen LogP contribution < -0.4 is 16.0 Å². The van der Waals surface area contributed by atoms with Crippen LogP contribution in [0.2, 0.25) is 0 Å². The third-order valence-corrected chi connectivity index (χ3v) is 5.10. The first-order valence-corrected chi connectivity index (χ1v) is 8.78. The van der Waals surface area contributed by atoms with Crippen LogP contribution in [0, 0.1) is 5.92 Å². The molecule has 1 aliphatic heterocycles. The Balaban J connectivity index is 1.46. The molecular weight excluding hydrogens is 290 g/mol. The van der Waals surface area contributed by atoms with Crippen LogP contribution >= 0.6 is 0 Å². The third kappa shape index (κ3) is 4.75. The predicted molar refractivity (Wildman–Crippen MR) is 92.6 cm³/mol. The fourth-order valence-electron chi connectivity index (χ4n) is 3.58. The zero-order valence-electron chi connectivity index (χ0n) is 14.3. The van der Waals surface area contributed by atoms with Crippen molar-refractivity contribution in [3.8, 4) is 0 Å². The summed E-state index contributed by atoms with van der Waals surface area (Å²) in [6.07, 6.45) is 7.80. The first kappa shape index (κ1) is 16.4. The molecule has 1 atom stereocenters. The summed E-state index contributed by atoms with van der Waals surface area (Å²) in [6, 6.07) is 1.14. The van der Waals surface area contributed by atoms with Gasteiger partial charge in [-0.2, -0.15) is 4.98 Å². The summed E-state index contributed by atoms with van der Waals surface area (Å²) in [6.45, 7) is 3.12. The van der Waals surface area contributed by atoms with E-state index < -0.39 is 0 Å². The van der Waals surface area contributed by atoms with Crippen LogP contribution in [0.15, 0.2) is 6.33 Å². The number of aromatic nitrogens is 3. The Hall–Kier alpha value is -1.47. The number of nitrogens with one attached hydrogen (secondary N) is 3. The van der Waals surface area contributed by atoms with Crippen molar-refractivity contribution in [2.45, 2.75) is 44.2 Å². The maximum Gasteiger partial charge on any atom is 0.227 e. The summed E-state index contributed by atoms with van der Waals surface area (Å²) in [7, 11) is 4.20. The van der Waals surface area contributed by atoms with E-state index in [2.05, 4.69) is 49.9 Å². The summed E-state index contributed by atoms with van der Waals surface area (Å²) in [5.41, 5.74) is 0. The van der Waals surface area contributed by atoms with Crippen molar-refractivity contribution in [2.75, 3.05) is 44.4 Å². The molecule has 128 valence electrons. The van der Waals surface area contributed by atoms with E-state index in [1.165, 1.54) is 25.7 Å². The topological polar surface area (TPSA) is 78.0 Å². The number of nitrogens with zero attached hydrogens (tertiary/aromatic N) is 4. The van der Waals surface area contributed by atoms with E-state index >= 15 is 0 Å². The van der Waals surface area contributed by atoms with Gasteiger partial charge in [-0.1, -0.05) is 0 Å². The monoisotopic (exact) mass is 319 g/mol. The molecule has 2 aliphatic rings. The van der Waals surface area contributed by atoms with Crippen molar-refractivity contribution in [3.05, 3.63) is 6.33 Å². The Morgan fingerprint density at radius 1 is 1.09 bits per heavy atom. The minimum Gasteiger partial charge on any atom is -0.354 e. The normalized spacial score (nSPS) is 28.7. The van der Waals surface area contributed by atoms with E-state index in [1.54, 1.807) is 6.33 Å². The van der Waals surface area contributed by atoms with E-state index in [0.717, 1.165) is 32.0 Å². The largest absolute Gasteiger partial charge is 0.354 e. The van der Waals surface area contributed by atoms with E-state index in [0.29, 0.717) is 24.0 Å². The molecule has 0 amide bonds. The number of likely N-dealkylation sites (tertiary alicyclic amines) is 1. The number of likely N-dealkylation sites (N-methyl/N-ethyl adjacent to an activating group) is 1. The van der Waals surface area contributed by atoms with Crippen LogP contribution in [0.3, 0.4) is 0 Å². The van der Waals surface area contributed by atoms with E-state index in [9.17, 15) is 0 Å². The molecule has 0 radical (unpaired) electrons. The second-order valence-corrected chi connectivity index (χ2v) is 6.91. The lowest BCUT2D eigenvalue weighted by Gasteiger charge is -2.28. The van der Waals surface area contributed by atoms with E-state index in [4.69, 9.17) is 0 Å². The lowest BCUT2D eigenvalue weighted by atomic mass is 9.86. The molecule has 1 aromatic rings. The van der Waals surface area contributed by atoms with Gasteiger partial charge in [0.2, 0.25) is 11.9 Å². The van der Waals surface area contributed by atoms with Crippen molar-refractivity contribution >= 4 is 11.9 Å². The third-order valence-electron chi connectivity index (χ3n) is 5.10. The van der Waals surface area contributed by atoms with Crippen LogP contribution in [-0.4, -0.2) is 65.7 Å². The molecule has 1 saturated heterocycles. The zero-order valence-corrected chi connectivity index (χ0v) is 14.3. The summed E-state index contributed by atoms with van der Waals surface area (Å²) in [5, 5.41) is 10.2. The lowest BCUT2D eigenvalue weighted by Crippen LogP contribution is -2.32.